The fraction of sp³-hybridized carbons (Fsp3) is 0.263. The molecular formula is C19H23N3. The molecule has 1 N–H and O–H groups in total. The molecule has 0 aromatic heterocycles. The Labute approximate surface area is 132 Å². The molecule has 22 heavy (non-hydrogen) atoms. The van der Waals surface area contributed by atoms with Gasteiger partial charge in [-0.1, -0.05) is 41.5 Å². The van der Waals surface area contributed by atoms with E-state index >= 15 is 0 Å². The van der Waals surface area contributed by atoms with Crippen LogP contribution in [0.25, 0.3) is 0 Å². The Morgan fingerprint density at radius 3 is 2.09 bits per heavy atom. The second-order valence-corrected chi connectivity index (χ2v) is 5.78. The summed E-state index contributed by atoms with van der Waals surface area (Å²) in [5.41, 5.74) is 6.75. The van der Waals surface area contributed by atoms with Gasteiger partial charge >= 0.3 is 0 Å². The van der Waals surface area contributed by atoms with Crippen molar-refractivity contribution in [3.63, 3.8) is 0 Å². The standard InChI is InChI=1S/C19H23N3/c1-13-6-8-17(15(3)10-13)19(22(5)12-20)21-18-9-7-14(2)11-16(18)4/h6-12,20H,1-5H3/b20-12?,21-19+. The van der Waals surface area contributed by atoms with Gasteiger partial charge in [0.15, 0.2) is 0 Å². The van der Waals surface area contributed by atoms with E-state index in [1.807, 2.05) is 13.1 Å². The molecule has 0 spiro atoms. The van der Waals surface area contributed by atoms with Crippen LogP contribution in [0.5, 0.6) is 0 Å². The average Bonchev–Trinajstić information content (AvgIpc) is 2.47. The Hall–Kier alpha value is -2.42. The third kappa shape index (κ3) is 3.42. The molecule has 2 rings (SSSR count). The molecule has 0 aliphatic rings. The Balaban J connectivity index is 2.59. The summed E-state index contributed by atoms with van der Waals surface area (Å²) in [5.74, 6) is 0.791. The number of hydrogen-bond acceptors (Lipinski definition) is 2. The maximum absolute atomic E-state index is 7.57. The second kappa shape index (κ2) is 6.56. The Kier molecular flexibility index (Phi) is 4.76. The van der Waals surface area contributed by atoms with Crippen molar-refractivity contribution in [2.75, 3.05) is 7.05 Å². The van der Waals surface area contributed by atoms with E-state index in [1.54, 1.807) is 4.90 Å². The van der Waals surface area contributed by atoms with Crippen molar-refractivity contribution in [1.29, 1.82) is 5.41 Å². The Bertz CT molecular complexity index is 729. The first kappa shape index (κ1) is 16.0. The number of hydrogen-bond donors (Lipinski definition) is 1. The van der Waals surface area contributed by atoms with E-state index in [-0.39, 0.29) is 0 Å². The first-order chi connectivity index (χ1) is 10.4. The average molecular weight is 293 g/mol. The maximum atomic E-state index is 7.57. The molecule has 0 aliphatic carbocycles. The molecule has 0 atom stereocenters. The van der Waals surface area contributed by atoms with Crippen LogP contribution in [0.2, 0.25) is 0 Å². The van der Waals surface area contributed by atoms with Crippen LogP contribution in [-0.4, -0.2) is 24.1 Å². The number of benzene rings is 2. The third-order valence-corrected chi connectivity index (χ3v) is 3.73. The van der Waals surface area contributed by atoms with Gasteiger partial charge < -0.3 is 4.90 Å². The predicted molar refractivity (Wildman–Crippen MR) is 94.6 cm³/mol. The van der Waals surface area contributed by atoms with Crippen molar-refractivity contribution in [3.05, 3.63) is 64.2 Å². The molecule has 0 fully saturated rings. The van der Waals surface area contributed by atoms with Gasteiger partial charge in [0.2, 0.25) is 0 Å². The quantitative estimate of drug-likeness (QED) is 0.655. The molecule has 2 aromatic rings. The first-order valence-corrected chi connectivity index (χ1v) is 7.39. The molecule has 114 valence electrons. The van der Waals surface area contributed by atoms with Crippen molar-refractivity contribution in [2.24, 2.45) is 4.99 Å². The van der Waals surface area contributed by atoms with Gasteiger partial charge in [0.05, 0.1) is 12.0 Å². The zero-order valence-corrected chi connectivity index (χ0v) is 13.9. The van der Waals surface area contributed by atoms with Crippen LogP contribution in [-0.2, 0) is 0 Å². The molecule has 0 heterocycles. The molecule has 0 radical (unpaired) electrons. The van der Waals surface area contributed by atoms with E-state index in [0.717, 1.165) is 28.2 Å². The van der Waals surface area contributed by atoms with E-state index < -0.39 is 0 Å². The van der Waals surface area contributed by atoms with Gasteiger partial charge in [0.25, 0.3) is 0 Å². The topological polar surface area (TPSA) is 39.5 Å². The zero-order chi connectivity index (χ0) is 16.3. The van der Waals surface area contributed by atoms with Gasteiger partial charge in [0, 0.05) is 12.6 Å². The molecule has 2 aromatic carbocycles. The lowest BCUT2D eigenvalue weighted by atomic mass is 10.0. The zero-order valence-electron chi connectivity index (χ0n) is 13.9. The van der Waals surface area contributed by atoms with E-state index in [9.17, 15) is 0 Å². The summed E-state index contributed by atoms with van der Waals surface area (Å²) in [7, 11) is 1.86. The van der Waals surface area contributed by atoms with Crippen molar-refractivity contribution >= 4 is 17.9 Å². The van der Waals surface area contributed by atoms with E-state index in [2.05, 4.69) is 58.0 Å². The Morgan fingerprint density at radius 1 is 0.955 bits per heavy atom. The lowest BCUT2D eigenvalue weighted by molar-refractivity contribution is 0.770. The summed E-state index contributed by atoms with van der Waals surface area (Å²) in [4.78, 5) is 6.57. The molecule has 0 saturated carbocycles. The number of nitrogens with zero attached hydrogens (tertiary/aromatic N) is 2. The number of amidine groups is 1. The van der Waals surface area contributed by atoms with Gasteiger partial charge in [0.1, 0.15) is 5.84 Å². The van der Waals surface area contributed by atoms with E-state index in [0.29, 0.717) is 0 Å². The van der Waals surface area contributed by atoms with Crippen LogP contribution < -0.4 is 0 Å². The lowest BCUT2D eigenvalue weighted by Gasteiger charge is -2.18. The summed E-state index contributed by atoms with van der Waals surface area (Å²) in [6, 6.07) is 12.5. The molecule has 0 bridgehead atoms. The minimum atomic E-state index is 0.791. The minimum Gasteiger partial charge on any atom is -0.320 e. The molecule has 0 unspecified atom stereocenters. The summed E-state index contributed by atoms with van der Waals surface area (Å²) >= 11 is 0. The summed E-state index contributed by atoms with van der Waals surface area (Å²) in [5, 5.41) is 7.57. The third-order valence-electron chi connectivity index (χ3n) is 3.73. The lowest BCUT2D eigenvalue weighted by Crippen LogP contribution is -2.26. The van der Waals surface area contributed by atoms with E-state index in [4.69, 9.17) is 10.4 Å². The SMILES string of the molecule is Cc1ccc(/N=C(\c2ccc(C)cc2C)N(C)C=N)c(C)c1. The van der Waals surface area contributed by atoms with Crippen molar-refractivity contribution in [3.8, 4) is 0 Å². The molecule has 3 heteroatoms. The highest BCUT2D eigenvalue weighted by molar-refractivity contribution is 6.06. The normalized spacial score (nSPS) is 11.4. The fourth-order valence-electron chi connectivity index (χ4n) is 2.50. The minimum absolute atomic E-state index is 0.791. The van der Waals surface area contributed by atoms with Gasteiger partial charge in [-0.25, -0.2) is 4.99 Å². The highest BCUT2D eigenvalue weighted by atomic mass is 15.2. The van der Waals surface area contributed by atoms with E-state index in [1.165, 1.54) is 17.5 Å². The largest absolute Gasteiger partial charge is 0.320 e. The van der Waals surface area contributed by atoms with Crippen LogP contribution in [0, 0.1) is 33.1 Å². The van der Waals surface area contributed by atoms with Crippen LogP contribution in [0.15, 0.2) is 41.4 Å². The number of aryl methyl sites for hydroxylation is 4. The first-order valence-electron chi connectivity index (χ1n) is 7.39. The second-order valence-electron chi connectivity index (χ2n) is 5.78. The van der Waals surface area contributed by atoms with Gasteiger partial charge in [-0.2, -0.15) is 0 Å². The van der Waals surface area contributed by atoms with Crippen molar-refractivity contribution in [1.82, 2.24) is 4.90 Å². The number of nitrogens with one attached hydrogen (secondary N) is 1. The van der Waals surface area contributed by atoms with Crippen molar-refractivity contribution < 1.29 is 0 Å². The molecule has 0 saturated heterocycles. The highest BCUT2D eigenvalue weighted by Gasteiger charge is 2.12. The van der Waals surface area contributed by atoms with Crippen LogP contribution in [0.4, 0.5) is 5.69 Å². The van der Waals surface area contributed by atoms with Gasteiger partial charge in [-0.3, -0.25) is 5.41 Å². The van der Waals surface area contributed by atoms with Crippen molar-refractivity contribution in [2.45, 2.75) is 27.7 Å². The molecule has 0 aliphatic heterocycles. The molecule has 0 amide bonds. The molecule has 3 nitrogen and oxygen atoms in total. The smallest absolute Gasteiger partial charge is 0.141 e. The number of rotatable bonds is 3. The summed E-state index contributed by atoms with van der Waals surface area (Å²) < 4.78 is 0. The molecular weight excluding hydrogens is 270 g/mol. The van der Waals surface area contributed by atoms with Gasteiger partial charge in [-0.15, -0.1) is 0 Å². The highest BCUT2D eigenvalue weighted by Crippen LogP contribution is 2.22. The van der Waals surface area contributed by atoms with Crippen LogP contribution in [0.3, 0.4) is 0 Å². The maximum Gasteiger partial charge on any atom is 0.141 e. The number of aliphatic imine (C=N–C) groups is 1. The Morgan fingerprint density at radius 2 is 1.55 bits per heavy atom. The predicted octanol–water partition coefficient (Wildman–Crippen LogP) is 4.54. The van der Waals surface area contributed by atoms with Crippen LogP contribution >= 0.6 is 0 Å². The summed E-state index contributed by atoms with van der Waals surface area (Å²) in [6.07, 6.45) is 1.29. The monoisotopic (exact) mass is 293 g/mol. The fourth-order valence-corrected chi connectivity index (χ4v) is 2.50. The summed E-state index contributed by atoms with van der Waals surface area (Å²) in [6.45, 7) is 8.31. The van der Waals surface area contributed by atoms with Gasteiger partial charge in [-0.05, 0) is 44.9 Å². The van der Waals surface area contributed by atoms with Crippen LogP contribution in [0.1, 0.15) is 27.8 Å².